The van der Waals surface area contributed by atoms with Gasteiger partial charge in [0.1, 0.15) is 0 Å². The molecule has 1 N–H and O–H groups in total. The summed E-state index contributed by atoms with van der Waals surface area (Å²) in [7, 11) is -3.50. The van der Waals surface area contributed by atoms with E-state index < -0.39 is 10.0 Å². The molecule has 1 aromatic rings. The Labute approximate surface area is 125 Å². The number of benzene rings is 1. The number of hydrogen-bond acceptors (Lipinski definition) is 2. The standard InChI is InChI=1S/C7H8ClNO2S.K.H/c1-6-2-4-7(5-3-6)12(10,11)9-8;;/h2-5,9H,1H3;;. The van der Waals surface area contributed by atoms with E-state index in [4.69, 9.17) is 11.8 Å². The van der Waals surface area contributed by atoms with Crippen molar-refractivity contribution >= 4 is 73.2 Å². The Hall–Kier alpha value is 1.06. The third-order valence-electron chi connectivity index (χ3n) is 1.43. The van der Waals surface area contributed by atoms with E-state index >= 15 is 0 Å². The number of hydrogen-bond donors (Lipinski definition) is 1. The summed E-state index contributed by atoms with van der Waals surface area (Å²) in [6, 6.07) is 6.42. The van der Waals surface area contributed by atoms with Crippen LogP contribution in [0.2, 0.25) is 0 Å². The zero-order valence-corrected chi connectivity index (χ0v) is 7.98. The molecule has 13 heavy (non-hydrogen) atoms. The molecule has 0 spiro atoms. The van der Waals surface area contributed by atoms with Crippen LogP contribution >= 0.6 is 11.8 Å². The van der Waals surface area contributed by atoms with Crippen molar-refractivity contribution in [3.63, 3.8) is 0 Å². The van der Waals surface area contributed by atoms with Gasteiger partial charge in [-0.1, -0.05) is 17.7 Å². The predicted octanol–water partition coefficient (Wildman–Crippen LogP) is 0.779. The molecule has 0 aliphatic heterocycles. The summed E-state index contributed by atoms with van der Waals surface area (Å²) in [5, 5.41) is 0. The molecule has 0 aromatic heterocycles. The van der Waals surface area contributed by atoms with Gasteiger partial charge in [0, 0.05) is 0 Å². The second kappa shape index (κ2) is 5.82. The summed E-state index contributed by atoms with van der Waals surface area (Å²) in [5.74, 6) is 0. The molecule has 0 amide bonds. The molecule has 68 valence electrons. The Bertz CT molecular complexity index is 363. The van der Waals surface area contributed by atoms with Crippen LogP contribution in [0, 0.1) is 6.92 Å². The minimum absolute atomic E-state index is 0. The summed E-state index contributed by atoms with van der Waals surface area (Å²) in [6.45, 7) is 1.88. The van der Waals surface area contributed by atoms with Crippen molar-refractivity contribution in [3.05, 3.63) is 29.8 Å². The van der Waals surface area contributed by atoms with Crippen molar-refractivity contribution in [2.45, 2.75) is 11.8 Å². The molecule has 1 aromatic carbocycles. The summed E-state index contributed by atoms with van der Waals surface area (Å²) in [4.78, 5) is 0.170. The van der Waals surface area contributed by atoms with Crippen LogP contribution < -0.4 is 4.24 Å². The van der Waals surface area contributed by atoms with E-state index in [2.05, 4.69) is 0 Å². The van der Waals surface area contributed by atoms with Crippen molar-refractivity contribution in [1.29, 1.82) is 0 Å². The summed E-state index contributed by atoms with van der Waals surface area (Å²) >= 11 is 5.03. The number of halogens is 1. The van der Waals surface area contributed by atoms with Gasteiger partial charge in [0.2, 0.25) is 0 Å². The average molecular weight is 246 g/mol. The van der Waals surface area contributed by atoms with E-state index in [9.17, 15) is 8.42 Å². The van der Waals surface area contributed by atoms with E-state index in [-0.39, 0.29) is 56.3 Å². The van der Waals surface area contributed by atoms with Gasteiger partial charge in [0.15, 0.2) is 0 Å². The Balaban J connectivity index is 0.00000144. The second-order valence-corrected chi connectivity index (χ2v) is 4.49. The molecule has 0 radical (unpaired) electrons. The molecule has 6 heteroatoms. The number of aryl methyl sites for hydroxylation is 1. The number of rotatable bonds is 2. The van der Waals surface area contributed by atoms with Crippen molar-refractivity contribution in [2.24, 2.45) is 0 Å². The fourth-order valence-corrected chi connectivity index (χ4v) is 1.61. The normalized spacial score (nSPS) is 10.6. The first kappa shape index (κ1) is 14.1. The topological polar surface area (TPSA) is 46.2 Å². The Morgan fingerprint density at radius 3 is 2.08 bits per heavy atom. The molecule has 0 unspecified atom stereocenters. The van der Waals surface area contributed by atoms with Crippen LogP contribution in [0.4, 0.5) is 0 Å². The predicted molar refractivity (Wildman–Crippen MR) is 54.5 cm³/mol. The quantitative estimate of drug-likeness (QED) is 0.618. The molecule has 0 saturated carbocycles. The first-order chi connectivity index (χ1) is 5.56. The van der Waals surface area contributed by atoms with Gasteiger partial charge in [-0.15, -0.1) is 4.24 Å². The fraction of sp³-hybridized carbons (Fsp3) is 0.143. The Morgan fingerprint density at radius 1 is 1.23 bits per heavy atom. The van der Waals surface area contributed by atoms with E-state index in [0.717, 1.165) is 5.56 Å². The van der Waals surface area contributed by atoms with Crippen molar-refractivity contribution in [1.82, 2.24) is 4.24 Å². The second-order valence-electron chi connectivity index (χ2n) is 2.39. The van der Waals surface area contributed by atoms with Crippen molar-refractivity contribution < 1.29 is 8.42 Å². The average Bonchev–Trinajstić information content (AvgIpc) is 2.05. The van der Waals surface area contributed by atoms with Crippen molar-refractivity contribution in [3.8, 4) is 0 Å². The molecule has 1 rings (SSSR count). The monoisotopic (exact) mass is 245 g/mol. The van der Waals surface area contributed by atoms with E-state index in [1.165, 1.54) is 12.1 Å². The molecule has 0 heterocycles. The fourth-order valence-electron chi connectivity index (χ4n) is 0.762. The summed E-state index contributed by atoms with van der Waals surface area (Å²) in [5.41, 5.74) is 1.00. The van der Waals surface area contributed by atoms with E-state index in [0.29, 0.717) is 0 Å². The molecule has 3 nitrogen and oxygen atoms in total. The van der Waals surface area contributed by atoms with Gasteiger partial charge in [-0.2, -0.15) is 0 Å². The molecule has 0 bridgehead atoms. The maximum atomic E-state index is 11.1. The van der Waals surface area contributed by atoms with Crippen molar-refractivity contribution in [2.75, 3.05) is 0 Å². The zero-order valence-electron chi connectivity index (χ0n) is 6.41. The van der Waals surface area contributed by atoms with Crippen LogP contribution in [0.1, 0.15) is 5.56 Å². The zero-order chi connectivity index (χ0) is 9.19. The van der Waals surface area contributed by atoms with Gasteiger partial charge < -0.3 is 0 Å². The van der Waals surface area contributed by atoms with E-state index in [1.807, 2.05) is 6.92 Å². The maximum absolute atomic E-state index is 11.1. The summed E-state index contributed by atoms with van der Waals surface area (Å²) in [6.07, 6.45) is 0. The summed E-state index contributed by atoms with van der Waals surface area (Å²) < 4.78 is 23.9. The molecular weight excluding hydrogens is 237 g/mol. The molecule has 0 fully saturated rings. The number of nitrogens with one attached hydrogen (secondary N) is 1. The van der Waals surface area contributed by atoms with Gasteiger partial charge in [-0.05, 0) is 30.8 Å². The minimum atomic E-state index is -3.50. The molecule has 0 saturated heterocycles. The van der Waals surface area contributed by atoms with Gasteiger partial charge >= 0.3 is 51.4 Å². The Morgan fingerprint density at radius 2 is 1.69 bits per heavy atom. The van der Waals surface area contributed by atoms with Crippen LogP contribution in [-0.2, 0) is 10.0 Å². The van der Waals surface area contributed by atoms with Crippen LogP contribution in [0.3, 0.4) is 0 Å². The molecular formula is C7H9ClKNO2S. The van der Waals surface area contributed by atoms with Gasteiger partial charge in [-0.25, -0.2) is 8.42 Å². The third-order valence-corrected chi connectivity index (χ3v) is 3.14. The Kier molecular flexibility index (Phi) is 6.29. The molecule has 0 aliphatic carbocycles. The van der Waals surface area contributed by atoms with Crippen LogP contribution in [0.15, 0.2) is 29.2 Å². The first-order valence-corrected chi connectivity index (χ1v) is 5.11. The first-order valence-electron chi connectivity index (χ1n) is 3.25. The SMILES string of the molecule is Cc1ccc(S(=O)(=O)NCl)cc1.[KH]. The van der Waals surface area contributed by atoms with Gasteiger partial charge in [0.05, 0.1) is 4.90 Å². The third kappa shape index (κ3) is 3.97. The van der Waals surface area contributed by atoms with Gasteiger partial charge in [0.25, 0.3) is 10.0 Å². The van der Waals surface area contributed by atoms with Gasteiger partial charge in [-0.3, -0.25) is 0 Å². The molecule has 0 atom stereocenters. The van der Waals surface area contributed by atoms with Crippen LogP contribution in [0.5, 0.6) is 0 Å². The van der Waals surface area contributed by atoms with E-state index in [1.54, 1.807) is 16.4 Å². The number of sulfonamides is 1. The van der Waals surface area contributed by atoms with Crippen LogP contribution in [-0.4, -0.2) is 59.8 Å². The molecule has 0 aliphatic rings. The van der Waals surface area contributed by atoms with Crippen LogP contribution in [0.25, 0.3) is 0 Å².